The van der Waals surface area contributed by atoms with Gasteiger partial charge in [0.1, 0.15) is 35.6 Å². The molecule has 3 aromatic carbocycles. The van der Waals surface area contributed by atoms with Gasteiger partial charge in [-0.05, 0) is 42.0 Å². The maximum absolute atomic E-state index is 13.4. The fourth-order valence-corrected chi connectivity index (χ4v) is 4.98. The molecule has 6 aromatic rings. The maximum atomic E-state index is 13.4. The lowest BCUT2D eigenvalue weighted by atomic mass is 9.92. The van der Waals surface area contributed by atoms with Gasteiger partial charge < -0.3 is 25.2 Å². The minimum absolute atomic E-state index is 0.173. The van der Waals surface area contributed by atoms with Gasteiger partial charge in [-0.3, -0.25) is 10.3 Å². The summed E-state index contributed by atoms with van der Waals surface area (Å²) in [5.74, 6) is 2.97. The van der Waals surface area contributed by atoms with E-state index >= 15 is 0 Å². The molecule has 12 heteroatoms. The number of fused-ring (bicyclic) bond motifs is 1. The molecular formula is C36H36N8O4. The number of ether oxygens (including phenoxy) is 2. The molecule has 3 heterocycles. The van der Waals surface area contributed by atoms with Crippen molar-refractivity contribution in [3.63, 3.8) is 0 Å². The number of hydrogen-bond donors (Lipinski definition) is 4. The van der Waals surface area contributed by atoms with Gasteiger partial charge in [0.25, 0.3) is 0 Å². The number of nitrogens with zero attached hydrogens (tertiary/aromatic N) is 5. The van der Waals surface area contributed by atoms with Crippen molar-refractivity contribution >= 4 is 39.9 Å². The standard InChI is InChI=1S/C36H36N8O4/c1-36(2,3)31-18-34(44(43-31)25-8-7-9-26(17-25)47-4)42-35(46)40-29-12-13-30(28-11-6-5-10-27(28)29)48-22-23-14-15-37-32(16-23)41-33-20-38-24(21-45)19-39-33/h5-20,45H,21-22H2,1-4H3,(H,37,39,41)(H2,40,42,46). The van der Waals surface area contributed by atoms with E-state index in [1.807, 2.05) is 78.9 Å². The van der Waals surface area contributed by atoms with E-state index in [-0.39, 0.29) is 18.6 Å². The van der Waals surface area contributed by atoms with Crippen molar-refractivity contribution in [2.24, 2.45) is 0 Å². The fourth-order valence-electron chi connectivity index (χ4n) is 4.98. The lowest BCUT2D eigenvalue weighted by molar-refractivity contribution is 0.262. The van der Waals surface area contributed by atoms with Crippen molar-refractivity contribution < 1.29 is 19.4 Å². The van der Waals surface area contributed by atoms with Crippen LogP contribution >= 0.6 is 0 Å². The van der Waals surface area contributed by atoms with Crippen LogP contribution < -0.4 is 25.4 Å². The molecule has 3 aromatic heterocycles. The highest BCUT2D eigenvalue weighted by Gasteiger charge is 2.22. The number of rotatable bonds is 10. The number of hydrogen-bond acceptors (Lipinski definition) is 9. The summed E-state index contributed by atoms with van der Waals surface area (Å²) in [6, 6.07) is 24.1. The van der Waals surface area contributed by atoms with Crippen molar-refractivity contribution in [2.75, 3.05) is 23.1 Å². The van der Waals surface area contributed by atoms with E-state index in [4.69, 9.17) is 14.6 Å². The van der Waals surface area contributed by atoms with Gasteiger partial charge in [-0.2, -0.15) is 5.10 Å². The van der Waals surface area contributed by atoms with E-state index < -0.39 is 6.03 Å². The predicted molar refractivity (Wildman–Crippen MR) is 185 cm³/mol. The van der Waals surface area contributed by atoms with Crippen LogP contribution in [0.25, 0.3) is 16.5 Å². The highest BCUT2D eigenvalue weighted by Crippen LogP contribution is 2.33. The monoisotopic (exact) mass is 644 g/mol. The summed E-state index contributed by atoms with van der Waals surface area (Å²) in [6.07, 6.45) is 4.73. The van der Waals surface area contributed by atoms with Gasteiger partial charge in [-0.1, -0.05) is 51.1 Å². The molecule has 48 heavy (non-hydrogen) atoms. The minimum Gasteiger partial charge on any atom is -0.497 e. The Kier molecular flexibility index (Phi) is 9.17. The number of benzene rings is 3. The summed E-state index contributed by atoms with van der Waals surface area (Å²) in [7, 11) is 1.61. The first-order valence-corrected chi connectivity index (χ1v) is 15.3. The van der Waals surface area contributed by atoms with Gasteiger partial charge >= 0.3 is 6.03 Å². The Morgan fingerprint density at radius 3 is 2.46 bits per heavy atom. The summed E-state index contributed by atoms with van der Waals surface area (Å²) in [5, 5.41) is 24.8. The number of pyridine rings is 1. The number of aromatic nitrogens is 5. The average Bonchev–Trinajstić information content (AvgIpc) is 3.53. The Balaban J connectivity index is 1.18. The third-order valence-electron chi connectivity index (χ3n) is 7.49. The Labute approximate surface area is 277 Å². The molecule has 0 atom stereocenters. The molecule has 0 spiro atoms. The quantitative estimate of drug-likeness (QED) is 0.124. The number of carbonyl (C=O) groups is 1. The molecule has 0 aliphatic carbocycles. The van der Waals surface area contributed by atoms with Crippen LogP contribution in [0.3, 0.4) is 0 Å². The van der Waals surface area contributed by atoms with Crippen LogP contribution in [0.2, 0.25) is 0 Å². The summed E-state index contributed by atoms with van der Waals surface area (Å²) < 4.78 is 13.4. The van der Waals surface area contributed by atoms with E-state index in [1.165, 1.54) is 12.4 Å². The van der Waals surface area contributed by atoms with Gasteiger partial charge in [0.15, 0.2) is 0 Å². The Bertz CT molecular complexity index is 2050. The molecule has 4 N–H and O–H groups in total. The van der Waals surface area contributed by atoms with Gasteiger partial charge in [0.2, 0.25) is 0 Å². The molecule has 0 radical (unpaired) electrons. The molecular weight excluding hydrogens is 608 g/mol. The molecule has 0 aliphatic heterocycles. The van der Waals surface area contributed by atoms with E-state index in [2.05, 4.69) is 51.7 Å². The highest BCUT2D eigenvalue weighted by molar-refractivity contribution is 6.07. The van der Waals surface area contributed by atoms with Gasteiger partial charge in [-0.15, -0.1) is 0 Å². The van der Waals surface area contributed by atoms with Crippen LogP contribution in [-0.4, -0.2) is 43.0 Å². The van der Waals surface area contributed by atoms with Gasteiger partial charge in [0, 0.05) is 34.5 Å². The Hall–Kier alpha value is -6.01. The van der Waals surface area contributed by atoms with Crippen LogP contribution in [-0.2, 0) is 18.6 Å². The number of aliphatic hydroxyl groups is 1. The number of carbonyl (C=O) groups excluding carboxylic acids is 1. The summed E-state index contributed by atoms with van der Waals surface area (Å²) in [6.45, 7) is 6.33. The molecule has 0 unspecified atom stereocenters. The smallest absolute Gasteiger partial charge is 0.324 e. The molecule has 12 nitrogen and oxygen atoms in total. The second-order valence-corrected chi connectivity index (χ2v) is 12.0. The normalized spacial score (nSPS) is 11.3. The first kappa shape index (κ1) is 32.0. The molecule has 2 amide bonds. The van der Waals surface area contributed by atoms with E-state index in [0.29, 0.717) is 40.3 Å². The second kappa shape index (κ2) is 13.8. The maximum Gasteiger partial charge on any atom is 0.324 e. The predicted octanol–water partition coefficient (Wildman–Crippen LogP) is 6.98. The first-order chi connectivity index (χ1) is 23.2. The SMILES string of the molecule is COc1cccc(-n2nc(C(C)(C)C)cc2NC(=O)Nc2ccc(OCc3ccnc(Nc4cnc(CO)cn4)c3)c3ccccc23)c1. The molecule has 0 saturated heterocycles. The number of anilines is 4. The number of amides is 2. The first-order valence-electron chi connectivity index (χ1n) is 15.3. The Morgan fingerprint density at radius 2 is 1.71 bits per heavy atom. The minimum atomic E-state index is -0.411. The van der Waals surface area contributed by atoms with Crippen LogP contribution in [0.15, 0.2) is 97.5 Å². The van der Waals surface area contributed by atoms with Crippen LogP contribution in [0.4, 0.5) is 27.9 Å². The average molecular weight is 645 g/mol. The Morgan fingerprint density at radius 1 is 0.875 bits per heavy atom. The second-order valence-electron chi connectivity index (χ2n) is 12.0. The van der Waals surface area contributed by atoms with Crippen molar-refractivity contribution in [2.45, 2.75) is 39.4 Å². The number of aliphatic hydroxyl groups excluding tert-OH is 1. The zero-order chi connectivity index (χ0) is 33.7. The van der Waals surface area contributed by atoms with E-state index in [1.54, 1.807) is 18.0 Å². The number of methoxy groups -OCH3 is 1. The zero-order valence-corrected chi connectivity index (χ0v) is 27.1. The molecule has 6 rings (SSSR count). The van der Waals surface area contributed by atoms with Crippen LogP contribution in [0, 0.1) is 0 Å². The highest BCUT2D eigenvalue weighted by atomic mass is 16.5. The van der Waals surface area contributed by atoms with Gasteiger partial charge in [-0.25, -0.2) is 19.4 Å². The van der Waals surface area contributed by atoms with Crippen LogP contribution in [0.5, 0.6) is 11.5 Å². The molecule has 244 valence electrons. The third-order valence-corrected chi connectivity index (χ3v) is 7.49. The van der Waals surface area contributed by atoms with Crippen molar-refractivity contribution in [1.29, 1.82) is 0 Å². The van der Waals surface area contributed by atoms with Crippen molar-refractivity contribution in [3.8, 4) is 17.2 Å². The number of urea groups is 1. The van der Waals surface area contributed by atoms with Crippen molar-refractivity contribution in [3.05, 3.63) is 114 Å². The molecule has 0 saturated carbocycles. The topological polar surface area (TPSA) is 148 Å². The fraction of sp³-hybridized carbons (Fsp3) is 0.194. The molecule has 0 fully saturated rings. The van der Waals surface area contributed by atoms with Gasteiger partial charge in [0.05, 0.1) is 48.9 Å². The largest absolute Gasteiger partial charge is 0.497 e. The molecule has 0 bridgehead atoms. The summed E-state index contributed by atoms with van der Waals surface area (Å²) in [5.41, 5.74) is 3.35. The number of nitrogens with one attached hydrogen (secondary N) is 3. The summed E-state index contributed by atoms with van der Waals surface area (Å²) >= 11 is 0. The van der Waals surface area contributed by atoms with E-state index in [0.717, 1.165) is 27.7 Å². The lowest BCUT2D eigenvalue weighted by Gasteiger charge is -2.15. The molecule has 0 aliphatic rings. The van der Waals surface area contributed by atoms with Crippen molar-refractivity contribution in [1.82, 2.24) is 24.7 Å². The van der Waals surface area contributed by atoms with E-state index in [9.17, 15) is 9.90 Å². The summed E-state index contributed by atoms with van der Waals surface area (Å²) in [4.78, 5) is 26.2. The zero-order valence-electron chi connectivity index (χ0n) is 27.1. The van der Waals surface area contributed by atoms with Crippen LogP contribution in [0.1, 0.15) is 37.7 Å². The lowest BCUT2D eigenvalue weighted by Crippen LogP contribution is -2.21. The third kappa shape index (κ3) is 7.34.